The molecule has 1 fully saturated rings. The summed E-state index contributed by atoms with van der Waals surface area (Å²) in [5, 5.41) is 18.2. The van der Waals surface area contributed by atoms with Crippen LogP contribution in [0.4, 0.5) is 4.39 Å². The molecule has 3 aromatic carbocycles. The number of aryl methyl sites for hydroxylation is 1. The Morgan fingerprint density at radius 3 is 2.39 bits per heavy atom. The summed E-state index contributed by atoms with van der Waals surface area (Å²) in [6.07, 6.45) is 2.34. The van der Waals surface area contributed by atoms with Crippen LogP contribution in [0.1, 0.15) is 36.0 Å². The van der Waals surface area contributed by atoms with Crippen LogP contribution in [0.15, 0.2) is 66.7 Å². The van der Waals surface area contributed by atoms with Gasteiger partial charge in [0.1, 0.15) is 18.2 Å². The Balaban J connectivity index is 1.49. The Morgan fingerprint density at radius 2 is 1.77 bits per heavy atom. The number of nitrogens with zero attached hydrogens (tertiary/aromatic N) is 1. The van der Waals surface area contributed by atoms with E-state index < -0.39 is 5.97 Å². The Labute approximate surface area is 180 Å². The molecular weight excluding hydrogens is 393 g/mol. The van der Waals surface area contributed by atoms with Crippen LogP contribution in [0, 0.1) is 17.1 Å². The minimum atomic E-state index is -0.827. The van der Waals surface area contributed by atoms with E-state index in [0.29, 0.717) is 12.2 Å². The van der Waals surface area contributed by atoms with E-state index in [1.807, 2.05) is 36.4 Å². The van der Waals surface area contributed by atoms with E-state index in [-0.39, 0.29) is 24.3 Å². The Bertz CT molecular complexity index is 1130. The third-order valence-corrected chi connectivity index (χ3v) is 5.73. The van der Waals surface area contributed by atoms with Gasteiger partial charge in [-0.2, -0.15) is 5.26 Å². The molecule has 1 N–H and O–H groups in total. The molecule has 0 amide bonds. The summed E-state index contributed by atoms with van der Waals surface area (Å²) in [6.45, 7) is 0.200. The van der Waals surface area contributed by atoms with Gasteiger partial charge in [-0.25, -0.2) is 4.39 Å². The second kappa shape index (κ2) is 8.61. The number of benzene rings is 3. The van der Waals surface area contributed by atoms with Crippen LogP contribution in [0.25, 0.3) is 11.1 Å². The standard InChI is InChI=1S/C26H22FNO3/c27-22-8-11-24(19-4-6-21(7-5-19)26(17-28)13-14-26)20(15-22)16-31-23-9-1-18(2-10-23)3-12-25(29)30/h1-2,4-11,15H,3,12-14,16H2,(H,29,30). The van der Waals surface area contributed by atoms with Crippen LogP contribution in [0.5, 0.6) is 5.75 Å². The summed E-state index contributed by atoms with van der Waals surface area (Å²) in [4.78, 5) is 10.7. The summed E-state index contributed by atoms with van der Waals surface area (Å²) >= 11 is 0. The molecule has 0 unspecified atom stereocenters. The van der Waals surface area contributed by atoms with Crippen LogP contribution in [0.2, 0.25) is 0 Å². The lowest BCUT2D eigenvalue weighted by Gasteiger charge is -2.13. The number of carboxylic acids is 1. The van der Waals surface area contributed by atoms with Crippen LogP contribution in [0.3, 0.4) is 0 Å². The highest BCUT2D eigenvalue weighted by Crippen LogP contribution is 2.47. The number of hydrogen-bond acceptors (Lipinski definition) is 3. The zero-order valence-corrected chi connectivity index (χ0v) is 17.0. The highest BCUT2D eigenvalue weighted by atomic mass is 19.1. The molecule has 3 aromatic rings. The smallest absolute Gasteiger partial charge is 0.303 e. The summed E-state index contributed by atoms with van der Waals surface area (Å²) in [5.74, 6) is -0.523. The van der Waals surface area contributed by atoms with Crippen LogP contribution >= 0.6 is 0 Å². The van der Waals surface area contributed by atoms with E-state index in [0.717, 1.165) is 40.7 Å². The van der Waals surface area contributed by atoms with Gasteiger partial charge in [0.15, 0.2) is 0 Å². The molecule has 4 nitrogen and oxygen atoms in total. The highest BCUT2D eigenvalue weighted by molar-refractivity contribution is 5.68. The SMILES string of the molecule is N#CC1(c2ccc(-c3ccc(F)cc3COc3ccc(CCC(=O)O)cc3)cc2)CC1. The lowest BCUT2D eigenvalue weighted by Crippen LogP contribution is -2.02. The third-order valence-electron chi connectivity index (χ3n) is 5.73. The number of ether oxygens (including phenoxy) is 1. The molecule has 1 aliphatic rings. The number of carbonyl (C=O) groups is 1. The molecule has 0 spiro atoms. The van der Waals surface area contributed by atoms with Gasteiger partial charge in [0.05, 0.1) is 11.5 Å². The number of aliphatic carboxylic acids is 1. The van der Waals surface area contributed by atoms with E-state index in [4.69, 9.17) is 9.84 Å². The summed E-state index contributed by atoms with van der Waals surface area (Å²) in [6, 6.07) is 22.2. The average molecular weight is 415 g/mol. The molecule has 0 radical (unpaired) electrons. The van der Waals surface area contributed by atoms with Crippen LogP contribution < -0.4 is 4.74 Å². The predicted octanol–water partition coefficient (Wildman–Crippen LogP) is 5.64. The second-order valence-corrected chi connectivity index (χ2v) is 7.90. The minimum absolute atomic E-state index is 0.0845. The van der Waals surface area contributed by atoms with E-state index in [9.17, 15) is 14.4 Å². The molecule has 0 aliphatic heterocycles. The van der Waals surface area contributed by atoms with E-state index in [1.165, 1.54) is 12.1 Å². The van der Waals surface area contributed by atoms with Crippen molar-refractivity contribution in [3.8, 4) is 22.9 Å². The first-order valence-electron chi connectivity index (χ1n) is 10.2. The normalized spacial score (nSPS) is 13.9. The van der Waals surface area contributed by atoms with Crippen molar-refractivity contribution in [2.45, 2.75) is 37.7 Å². The molecule has 5 heteroatoms. The Hall–Kier alpha value is -3.65. The Morgan fingerprint density at radius 1 is 1.06 bits per heavy atom. The molecule has 0 atom stereocenters. The number of nitriles is 1. The average Bonchev–Trinajstić information content (AvgIpc) is 3.59. The van der Waals surface area contributed by atoms with Gasteiger partial charge in [-0.1, -0.05) is 42.5 Å². The summed E-state index contributed by atoms with van der Waals surface area (Å²) in [5.41, 5.74) is 4.18. The maximum absolute atomic E-state index is 13.9. The molecule has 1 aliphatic carbocycles. The van der Waals surface area contributed by atoms with Gasteiger partial charge >= 0.3 is 5.97 Å². The highest BCUT2D eigenvalue weighted by Gasteiger charge is 2.44. The van der Waals surface area contributed by atoms with Crippen molar-refractivity contribution >= 4 is 5.97 Å². The first-order valence-corrected chi connectivity index (χ1v) is 10.2. The van der Waals surface area contributed by atoms with Crippen LogP contribution in [-0.4, -0.2) is 11.1 Å². The minimum Gasteiger partial charge on any atom is -0.489 e. The molecule has 31 heavy (non-hydrogen) atoms. The van der Waals surface area contributed by atoms with Gasteiger partial charge in [0, 0.05) is 6.42 Å². The number of rotatable bonds is 8. The predicted molar refractivity (Wildman–Crippen MR) is 115 cm³/mol. The lowest BCUT2D eigenvalue weighted by atomic mass is 9.93. The fraction of sp³-hybridized carbons (Fsp3) is 0.231. The van der Waals surface area contributed by atoms with E-state index >= 15 is 0 Å². The topological polar surface area (TPSA) is 70.3 Å². The van der Waals surface area contributed by atoms with Crippen molar-refractivity contribution in [3.63, 3.8) is 0 Å². The molecule has 4 rings (SSSR count). The van der Waals surface area contributed by atoms with Crippen molar-refractivity contribution in [1.82, 2.24) is 0 Å². The maximum atomic E-state index is 13.9. The lowest BCUT2D eigenvalue weighted by molar-refractivity contribution is -0.136. The van der Waals surface area contributed by atoms with Gasteiger partial charge in [-0.3, -0.25) is 4.79 Å². The monoisotopic (exact) mass is 415 g/mol. The first kappa shape index (κ1) is 20.6. The fourth-order valence-corrected chi connectivity index (χ4v) is 3.69. The van der Waals surface area contributed by atoms with Gasteiger partial charge < -0.3 is 9.84 Å². The molecule has 0 bridgehead atoms. The molecule has 156 valence electrons. The van der Waals surface area contributed by atoms with Gasteiger partial charge in [-0.15, -0.1) is 0 Å². The van der Waals surface area contributed by atoms with Crippen molar-refractivity contribution in [2.75, 3.05) is 0 Å². The van der Waals surface area contributed by atoms with E-state index in [1.54, 1.807) is 18.2 Å². The summed E-state index contributed by atoms with van der Waals surface area (Å²) < 4.78 is 19.8. The van der Waals surface area contributed by atoms with Crippen LogP contribution in [-0.2, 0) is 23.2 Å². The molecule has 1 saturated carbocycles. The first-order chi connectivity index (χ1) is 15.0. The van der Waals surface area contributed by atoms with Crippen molar-refractivity contribution in [2.24, 2.45) is 0 Å². The molecule has 0 heterocycles. The van der Waals surface area contributed by atoms with Gasteiger partial charge in [0.25, 0.3) is 0 Å². The number of carboxylic acid groups (broad SMARTS) is 1. The molecule has 0 aromatic heterocycles. The summed E-state index contributed by atoms with van der Waals surface area (Å²) in [7, 11) is 0. The largest absolute Gasteiger partial charge is 0.489 e. The number of hydrogen-bond donors (Lipinski definition) is 1. The van der Waals surface area contributed by atoms with Crippen molar-refractivity contribution < 1.29 is 19.0 Å². The zero-order valence-electron chi connectivity index (χ0n) is 17.0. The maximum Gasteiger partial charge on any atom is 0.303 e. The number of halogens is 1. The third kappa shape index (κ3) is 4.75. The van der Waals surface area contributed by atoms with Gasteiger partial charge in [-0.05, 0) is 71.3 Å². The van der Waals surface area contributed by atoms with Crippen molar-refractivity contribution in [1.29, 1.82) is 5.26 Å². The fourth-order valence-electron chi connectivity index (χ4n) is 3.69. The quantitative estimate of drug-likeness (QED) is 0.517. The van der Waals surface area contributed by atoms with Crippen molar-refractivity contribution in [3.05, 3.63) is 89.2 Å². The van der Waals surface area contributed by atoms with E-state index in [2.05, 4.69) is 6.07 Å². The second-order valence-electron chi connectivity index (χ2n) is 7.90. The molecule has 0 saturated heterocycles. The Kier molecular flexibility index (Phi) is 5.73. The molecular formula is C26H22FNO3. The zero-order chi connectivity index (χ0) is 21.8. The van der Waals surface area contributed by atoms with Gasteiger partial charge in [0.2, 0.25) is 0 Å².